The minimum atomic E-state index is -4.69. The molecule has 2 heterocycles. The van der Waals surface area contributed by atoms with Crippen LogP contribution in [-0.2, 0) is 13.6 Å². The summed E-state index contributed by atoms with van der Waals surface area (Å²) >= 11 is 6.12. The van der Waals surface area contributed by atoms with Crippen LogP contribution in [0.1, 0.15) is 5.56 Å². The predicted octanol–water partition coefficient (Wildman–Crippen LogP) is 4.74. The molecule has 1 N–H and O–H groups in total. The number of benzene rings is 1. The number of hydrogen-bond donors (Lipinski definition) is 1. The van der Waals surface area contributed by atoms with Crippen molar-refractivity contribution in [2.75, 3.05) is 5.32 Å². The summed E-state index contributed by atoms with van der Waals surface area (Å²) in [6.45, 7) is 0.404. The molecule has 0 unspecified atom stereocenters. The molecule has 2 aromatic heterocycles. The summed E-state index contributed by atoms with van der Waals surface area (Å²) in [4.78, 5) is 4.28. The molecule has 0 saturated heterocycles. The molecule has 0 saturated carbocycles. The Morgan fingerprint density at radius 3 is 2.58 bits per heavy atom. The largest absolute Gasteiger partial charge is 0.573 e. The van der Waals surface area contributed by atoms with Gasteiger partial charge in [0.05, 0.1) is 10.5 Å². The molecule has 0 spiro atoms. The molecule has 24 heavy (non-hydrogen) atoms. The van der Waals surface area contributed by atoms with Gasteiger partial charge in [-0.25, -0.2) is 4.98 Å². The van der Waals surface area contributed by atoms with Gasteiger partial charge in [0.1, 0.15) is 5.75 Å². The normalized spacial score (nSPS) is 11.7. The molecule has 0 fully saturated rings. The van der Waals surface area contributed by atoms with E-state index in [2.05, 4.69) is 15.0 Å². The molecule has 8 heteroatoms. The molecule has 3 aromatic rings. The number of ether oxygens (including phenoxy) is 1. The van der Waals surface area contributed by atoms with Crippen molar-refractivity contribution in [3.63, 3.8) is 0 Å². The van der Waals surface area contributed by atoms with Crippen molar-refractivity contribution < 1.29 is 17.9 Å². The fraction of sp³-hybridized carbons (Fsp3) is 0.188. The molecular formula is C16H13ClF3N3O. The van der Waals surface area contributed by atoms with E-state index < -0.39 is 6.36 Å². The maximum Gasteiger partial charge on any atom is 0.573 e. The average Bonchev–Trinajstić information content (AvgIpc) is 2.90. The number of alkyl halides is 3. The lowest BCUT2D eigenvalue weighted by atomic mass is 10.2. The number of rotatable bonds is 4. The molecule has 0 aliphatic carbocycles. The van der Waals surface area contributed by atoms with Gasteiger partial charge in [0.2, 0.25) is 0 Å². The van der Waals surface area contributed by atoms with Gasteiger partial charge in [-0.3, -0.25) is 0 Å². The molecule has 0 aliphatic rings. The molecular weight excluding hydrogens is 343 g/mol. The summed E-state index contributed by atoms with van der Waals surface area (Å²) in [5.41, 5.74) is 1.66. The monoisotopic (exact) mass is 355 g/mol. The number of halogens is 4. The first-order chi connectivity index (χ1) is 11.3. The van der Waals surface area contributed by atoms with Gasteiger partial charge < -0.3 is 14.6 Å². The summed E-state index contributed by atoms with van der Waals surface area (Å²) in [7, 11) is 1.88. The van der Waals surface area contributed by atoms with Crippen molar-refractivity contribution in [2.24, 2.45) is 7.05 Å². The van der Waals surface area contributed by atoms with E-state index in [1.807, 2.05) is 23.9 Å². The van der Waals surface area contributed by atoms with Crippen LogP contribution < -0.4 is 10.1 Å². The minimum Gasteiger partial charge on any atom is -0.406 e. The first-order valence-corrected chi connectivity index (χ1v) is 7.39. The molecule has 0 radical (unpaired) electrons. The molecule has 126 valence electrons. The van der Waals surface area contributed by atoms with Crippen LogP contribution in [0.3, 0.4) is 0 Å². The molecule has 3 rings (SSSR count). The highest BCUT2D eigenvalue weighted by Crippen LogP contribution is 2.29. The van der Waals surface area contributed by atoms with Gasteiger partial charge in [0, 0.05) is 31.4 Å². The van der Waals surface area contributed by atoms with Crippen molar-refractivity contribution >= 4 is 28.3 Å². The van der Waals surface area contributed by atoms with Crippen LogP contribution >= 0.6 is 11.6 Å². The number of hydrogen-bond acceptors (Lipinski definition) is 3. The van der Waals surface area contributed by atoms with E-state index >= 15 is 0 Å². The van der Waals surface area contributed by atoms with Crippen LogP contribution in [0.25, 0.3) is 10.9 Å². The second-order valence-electron chi connectivity index (χ2n) is 5.19. The van der Waals surface area contributed by atoms with Crippen LogP contribution in [0, 0.1) is 0 Å². The number of aromatic nitrogens is 2. The van der Waals surface area contributed by atoms with Crippen molar-refractivity contribution in [1.82, 2.24) is 9.55 Å². The zero-order valence-corrected chi connectivity index (χ0v) is 13.3. The maximum absolute atomic E-state index is 12.1. The van der Waals surface area contributed by atoms with Gasteiger partial charge in [0.15, 0.2) is 5.82 Å². The number of aryl methyl sites for hydroxylation is 1. The Bertz CT molecular complexity index is 859. The van der Waals surface area contributed by atoms with Gasteiger partial charge in [-0.1, -0.05) is 23.7 Å². The van der Waals surface area contributed by atoms with E-state index in [9.17, 15) is 13.2 Å². The topological polar surface area (TPSA) is 39.1 Å². The van der Waals surface area contributed by atoms with Crippen LogP contribution in [0.5, 0.6) is 5.75 Å². The smallest absolute Gasteiger partial charge is 0.406 e. The highest BCUT2D eigenvalue weighted by molar-refractivity contribution is 6.35. The van der Waals surface area contributed by atoms with Gasteiger partial charge in [0.25, 0.3) is 0 Å². The number of nitrogens with one attached hydrogen (secondary N) is 1. The van der Waals surface area contributed by atoms with Gasteiger partial charge in [-0.15, -0.1) is 13.2 Å². The first kappa shape index (κ1) is 16.4. The summed E-state index contributed by atoms with van der Waals surface area (Å²) in [6, 6.07) is 7.57. The third-order valence-corrected chi connectivity index (χ3v) is 3.78. The Kier molecular flexibility index (Phi) is 4.28. The zero-order chi connectivity index (χ0) is 17.3. The van der Waals surface area contributed by atoms with E-state index in [-0.39, 0.29) is 5.75 Å². The van der Waals surface area contributed by atoms with Crippen molar-refractivity contribution in [1.29, 1.82) is 0 Å². The van der Waals surface area contributed by atoms with Crippen molar-refractivity contribution in [2.45, 2.75) is 12.9 Å². The highest BCUT2D eigenvalue weighted by Gasteiger charge is 2.30. The predicted molar refractivity (Wildman–Crippen MR) is 86.2 cm³/mol. The fourth-order valence-electron chi connectivity index (χ4n) is 2.39. The summed E-state index contributed by atoms with van der Waals surface area (Å²) in [5.74, 6) is 0.401. The zero-order valence-electron chi connectivity index (χ0n) is 12.6. The standard InChI is InChI=1S/C16H13ClF3N3O/c1-23-7-6-12-13(17)9-22-15(14(12)23)21-8-10-2-4-11(5-3-10)24-16(18,19)20/h2-7,9H,8H2,1H3,(H,21,22). The van der Waals surface area contributed by atoms with Crippen LogP contribution in [0.4, 0.5) is 19.0 Å². The SMILES string of the molecule is Cn1ccc2c(Cl)cnc(NCc3ccc(OC(F)(F)F)cc3)c21. The van der Waals surface area contributed by atoms with E-state index in [0.717, 1.165) is 16.5 Å². The Hall–Kier alpha value is -2.41. The maximum atomic E-state index is 12.1. The van der Waals surface area contributed by atoms with Crippen LogP contribution in [0.15, 0.2) is 42.7 Å². The molecule has 0 bridgehead atoms. The Morgan fingerprint density at radius 2 is 1.92 bits per heavy atom. The highest BCUT2D eigenvalue weighted by atomic mass is 35.5. The van der Waals surface area contributed by atoms with Gasteiger partial charge >= 0.3 is 6.36 Å². The summed E-state index contributed by atoms with van der Waals surface area (Å²) < 4.78 is 42.2. The molecule has 0 amide bonds. The Balaban J connectivity index is 1.75. The second kappa shape index (κ2) is 6.24. The minimum absolute atomic E-state index is 0.249. The number of fused-ring (bicyclic) bond motifs is 1. The lowest BCUT2D eigenvalue weighted by Gasteiger charge is -2.11. The van der Waals surface area contributed by atoms with Gasteiger partial charge in [-0.2, -0.15) is 0 Å². The third kappa shape index (κ3) is 3.56. The lowest BCUT2D eigenvalue weighted by Crippen LogP contribution is -2.17. The first-order valence-electron chi connectivity index (χ1n) is 7.01. The van der Waals surface area contributed by atoms with Crippen LogP contribution in [-0.4, -0.2) is 15.9 Å². The quantitative estimate of drug-likeness (QED) is 0.735. The van der Waals surface area contributed by atoms with E-state index in [0.29, 0.717) is 17.4 Å². The lowest BCUT2D eigenvalue weighted by molar-refractivity contribution is -0.274. The average molecular weight is 356 g/mol. The fourth-order valence-corrected chi connectivity index (χ4v) is 2.59. The second-order valence-corrected chi connectivity index (χ2v) is 5.60. The summed E-state index contributed by atoms with van der Waals surface area (Å²) in [6.07, 6.45) is -1.25. The molecule has 1 aromatic carbocycles. The number of pyridine rings is 1. The van der Waals surface area contributed by atoms with E-state index in [1.54, 1.807) is 18.3 Å². The molecule has 4 nitrogen and oxygen atoms in total. The Labute approximate surface area is 140 Å². The number of anilines is 1. The van der Waals surface area contributed by atoms with Crippen LogP contribution in [0.2, 0.25) is 5.02 Å². The molecule has 0 aliphatic heterocycles. The Morgan fingerprint density at radius 1 is 1.21 bits per heavy atom. The van der Waals surface area contributed by atoms with E-state index in [1.165, 1.54) is 12.1 Å². The number of nitrogens with zero attached hydrogens (tertiary/aromatic N) is 2. The van der Waals surface area contributed by atoms with Crippen molar-refractivity contribution in [3.8, 4) is 5.75 Å². The molecule has 0 atom stereocenters. The van der Waals surface area contributed by atoms with E-state index in [4.69, 9.17) is 11.6 Å². The van der Waals surface area contributed by atoms with Crippen molar-refractivity contribution in [3.05, 3.63) is 53.3 Å². The third-order valence-electron chi connectivity index (χ3n) is 3.48. The van der Waals surface area contributed by atoms with Gasteiger partial charge in [-0.05, 0) is 23.8 Å². The summed E-state index contributed by atoms with van der Waals surface area (Å²) in [5, 5.41) is 4.61.